The van der Waals surface area contributed by atoms with Gasteiger partial charge in [-0.2, -0.15) is 0 Å². The Hall–Kier alpha value is -2.34. The van der Waals surface area contributed by atoms with Crippen molar-refractivity contribution in [3.63, 3.8) is 0 Å². The highest BCUT2D eigenvalue weighted by Gasteiger charge is 2.18. The standard InChI is InChI=1S/C20H29N5O/c1-3-24-15-21-12-19(24)13-22-20(26)23-18-9-6-8-17(11-18)14-25-10-5-4-7-16(25)2/h6,8-9,11-12,15-16H,3-5,7,10,13-14H2,1-2H3,(H2,22,23,26)/t16-/m1/s1. The molecule has 140 valence electrons. The van der Waals surface area contributed by atoms with Gasteiger partial charge in [-0.1, -0.05) is 18.6 Å². The minimum atomic E-state index is -0.197. The summed E-state index contributed by atoms with van der Waals surface area (Å²) in [5, 5.41) is 5.83. The zero-order valence-corrected chi connectivity index (χ0v) is 15.7. The predicted octanol–water partition coefficient (Wildman–Crippen LogP) is 3.60. The molecule has 2 amide bonds. The normalized spacial score (nSPS) is 17.8. The summed E-state index contributed by atoms with van der Waals surface area (Å²) in [4.78, 5) is 18.8. The molecular formula is C20H29N5O. The molecule has 1 aliphatic rings. The fourth-order valence-corrected chi connectivity index (χ4v) is 3.50. The lowest BCUT2D eigenvalue weighted by molar-refractivity contribution is 0.152. The zero-order valence-electron chi connectivity index (χ0n) is 15.7. The topological polar surface area (TPSA) is 62.2 Å². The molecule has 1 aliphatic heterocycles. The van der Waals surface area contributed by atoms with Gasteiger partial charge in [0.1, 0.15) is 0 Å². The molecule has 0 bridgehead atoms. The Morgan fingerprint density at radius 3 is 3.04 bits per heavy atom. The van der Waals surface area contributed by atoms with Gasteiger partial charge in [-0.15, -0.1) is 0 Å². The molecule has 1 aromatic carbocycles. The summed E-state index contributed by atoms with van der Waals surface area (Å²) in [6.07, 6.45) is 7.44. The number of nitrogens with one attached hydrogen (secondary N) is 2. The molecule has 2 N–H and O–H groups in total. The molecule has 3 rings (SSSR count). The molecule has 6 nitrogen and oxygen atoms in total. The van der Waals surface area contributed by atoms with Gasteiger partial charge in [-0.05, 0) is 50.9 Å². The van der Waals surface area contributed by atoms with Crippen LogP contribution in [0.5, 0.6) is 0 Å². The average Bonchev–Trinajstić information content (AvgIpc) is 3.10. The Balaban J connectivity index is 1.53. The Labute approximate surface area is 155 Å². The molecule has 1 saturated heterocycles. The van der Waals surface area contributed by atoms with E-state index < -0.39 is 0 Å². The van der Waals surface area contributed by atoms with Crippen molar-refractivity contribution in [2.24, 2.45) is 0 Å². The van der Waals surface area contributed by atoms with E-state index in [9.17, 15) is 4.79 Å². The van der Waals surface area contributed by atoms with Crippen LogP contribution in [-0.4, -0.2) is 33.1 Å². The van der Waals surface area contributed by atoms with Gasteiger partial charge in [-0.3, -0.25) is 4.90 Å². The van der Waals surface area contributed by atoms with Crippen molar-refractivity contribution in [2.75, 3.05) is 11.9 Å². The lowest BCUT2D eigenvalue weighted by atomic mass is 10.0. The Morgan fingerprint density at radius 2 is 2.23 bits per heavy atom. The number of imidazole rings is 1. The number of likely N-dealkylation sites (tertiary alicyclic amines) is 1. The first kappa shape index (κ1) is 18.5. The van der Waals surface area contributed by atoms with Gasteiger partial charge < -0.3 is 15.2 Å². The van der Waals surface area contributed by atoms with Gasteiger partial charge in [0.25, 0.3) is 0 Å². The molecular weight excluding hydrogens is 326 g/mol. The van der Waals surface area contributed by atoms with Gasteiger partial charge in [-0.25, -0.2) is 9.78 Å². The fourth-order valence-electron chi connectivity index (χ4n) is 3.50. The quantitative estimate of drug-likeness (QED) is 0.832. The zero-order chi connectivity index (χ0) is 18.4. The number of carbonyl (C=O) groups excluding carboxylic acids is 1. The summed E-state index contributed by atoms with van der Waals surface area (Å²) < 4.78 is 2.01. The number of aryl methyl sites for hydroxylation is 1. The predicted molar refractivity (Wildman–Crippen MR) is 104 cm³/mol. The number of piperidine rings is 1. The maximum Gasteiger partial charge on any atom is 0.319 e. The first-order valence-electron chi connectivity index (χ1n) is 9.52. The van der Waals surface area contributed by atoms with Gasteiger partial charge in [0, 0.05) is 31.0 Å². The minimum Gasteiger partial charge on any atom is -0.333 e. The molecule has 0 unspecified atom stereocenters. The van der Waals surface area contributed by atoms with E-state index in [1.807, 2.05) is 16.7 Å². The molecule has 1 aromatic heterocycles. The summed E-state index contributed by atoms with van der Waals surface area (Å²) in [5.41, 5.74) is 3.06. The van der Waals surface area contributed by atoms with Crippen LogP contribution in [0, 0.1) is 0 Å². The highest BCUT2D eigenvalue weighted by Crippen LogP contribution is 2.20. The van der Waals surface area contributed by atoms with E-state index in [1.165, 1.54) is 24.8 Å². The second kappa shape index (κ2) is 8.85. The number of nitrogens with zero attached hydrogens (tertiary/aromatic N) is 3. The van der Waals surface area contributed by atoms with Crippen molar-refractivity contribution in [1.29, 1.82) is 0 Å². The van der Waals surface area contributed by atoms with Crippen LogP contribution in [0.25, 0.3) is 0 Å². The van der Waals surface area contributed by atoms with Crippen molar-refractivity contribution in [3.8, 4) is 0 Å². The molecule has 2 heterocycles. The second-order valence-electron chi connectivity index (χ2n) is 6.99. The summed E-state index contributed by atoms with van der Waals surface area (Å²) in [6, 6.07) is 8.57. The highest BCUT2D eigenvalue weighted by atomic mass is 16.2. The molecule has 1 atom stereocenters. The Kier molecular flexibility index (Phi) is 6.28. The monoisotopic (exact) mass is 355 g/mol. The Bertz CT molecular complexity index is 726. The van der Waals surface area contributed by atoms with E-state index in [1.54, 1.807) is 12.5 Å². The summed E-state index contributed by atoms with van der Waals surface area (Å²) in [5.74, 6) is 0. The molecule has 26 heavy (non-hydrogen) atoms. The van der Waals surface area contributed by atoms with E-state index in [2.05, 4.69) is 46.5 Å². The lowest BCUT2D eigenvalue weighted by Crippen LogP contribution is -2.36. The number of benzene rings is 1. The van der Waals surface area contributed by atoms with E-state index >= 15 is 0 Å². The van der Waals surface area contributed by atoms with Crippen LogP contribution in [0.1, 0.15) is 44.4 Å². The van der Waals surface area contributed by atoms with Crippen molar-refractivity contribution in [1.82, 2.24) is 19.8 Å². The van der Waals surface area contributed by atoms with Crippen LogP contribution in [0.15, 0.2) is 36.8 Å². The van der Waals surface area contributed by atoms with E-state index in [-0.39, 0.29) is 6.03 Å². The number of hydrogen-bond donors (Lipinski definition) is 2. The van der Waals surface area contributed by atoms with Gasteiger partial charge in [0.2, 0.25) is 0 Å². The summed E-state index contributed by atoms with van der Waals surface area (Å²) in [7, 11) is 0. The number of hydrogen-bond acceptors (Lipinski definition) is 3. The highest BCUT2D eigenvalue weighted by molar-refractivity contribution is 5.89. The third-order valence-electron chi connectivity index (χ3n) is 5.08. The minimum absolute atomic E-state index is 0.197. The number of urea groups is 1. The van der Waals surface area contributed by atoms with Crippen LogP contribution in [0.2, 0.25) is 0 Å². The number of amides is 2. The third-order valence-corrected chi connectivity index (χ3v) is 5.08. The first-order chi connectivity index (χ1) is 12.7. The number of anilines is 1. The largest absolute Gasteiger partial charge is 0.333 e. The number of rotatable bonds is 6. The van der Waals surface area contributed by atoms with E-state index in [0.717, 1.165) is 31.0 Å². The van der Waals surface area contributed by atoms with Gasteiger partial charge in [0.15, 0.2) is 0 Å². The number of carbonyl (C=O) groups is 1. The lowest BCUT2D eigenvalue weighted by Gasteiger charge is -2.33. The van der Waals surface area contributed by atoms with Crippen molar-refractivity contribution in [2.45, 2.75) is 58.8 Å². The van der Waals surface area contributed by atoms with Crippen LogP contribution < -0.4 is 10.6 Å². The second-order valence-corrected chi connectivity index (χ2v) is 6.99. The molecule has 0 radical (unpaired) electrons. The molecule has 6 heteroatoms. The van der Waals surface area contributed by atoms with Crippen molar-refractivity contribution in [3.05, 3.63) is 48.0 Å². The van der Waals surface area contributed by atoms with Gasteiger partial charge in [0.05, 0.1) is 18.6 Å². The summed E-state index contributed by atoms with van der Waals surface area (Å²) in [6.45, 7) is 7.76. The van der Waals surface area contributed by atoms with Crippen molar-refractivity contribution >= 4 is 11.7 Å². The fraction of sp³-hybridized carbons (Fsp3) is 0.500. The summed E-state index contributed by atoms with van der Waals surface area (Å²) >= 11 is 0. The van der Waals surface area contributed by atoms with Crippen LogP contribution >= 0.6 is 0 Å². The average molecular weight is 355 g/mol. The number of aromatic nitrogens is 2. The van der Waals surface area contributed by atoms with Crippen LogP contribution in [0.4, 0.5) is 10.5 Å². The van der Waals surface area contributed by atoms with E-state index in [4.69, 9.17) is 0 Å². The van der Waals surface area contributed by atoms with Crippen LogP contribution in [-0.2, 0) is 19.6 Å². The van der Waals surface area contributed by atoms with Crippen molar-refractivity contribution < 1.29 is 4.79 Å². The van der Waals surface area contributed by atoms with E-state index in [0.29, 0.717) is 12.6 Å². The molecule has 1 fully saturated rings. The Morgan fingerprint density at radius 1 is 1.35 bits per heavy atom. The van der Waals surface area contributed by atoms with Crippen LogP contribution in [0.3, 0.4) is 0 Å². The SMILES string of the molecule is CCn1cncc1CNC(=O)Nc1cccc(CN2CCCC[C@H]2C)c1. The maximum absolute atomic E-state index is 12.2. The van der Waals surface area contributed by atoms with Gasteiger partial charge >= 0.3 is 6.03 Å². The molecule has 0 spiro atoms. The third kappa shape index (κ3) is 4.85. The maximum atomic E-state index is 12.2. The first-order valence-corrected chi connectivity index (χ1v) is 9.52. The smallest absolute Gasteiger partial charge is 0.319 e. The molecule has 2 aromatic rings. The molecule has 0 saturated carbocycles. The molecule has 0 aliphatic carbocycles.